The quantitative estimate of drug-likeness (QED) is 0.855. The molecule has 0 bridgehead atoms. The third kappa shape index (κ3) is 4.29. The van der Waals surface area contributed by atoms with E-state index in [1.807, 2.05) is 32.3 Å². The zero-order valence-corrected chi connectivity index (χ0v) is 13.7. The van der Waals surface area contributed by atoms with Crippen LogP contribution in [0.1, 0.15) is 30.3 Å². The van der Waals surface area contributed by atoms with Crippen molar-refractivity contribution in [2.45, 2.75) is 39.2 Å². The molecule has 2 aromatic heterocycles. The summed E-state index contributed by atoms with van der Waals surface area (Å²) in [6, 6.07) is 6.44. The van der Waals surface area contributed by atoms with Crippen LogP contribution in [-0.2, 0) is 19.9 Å². The highest BCUT2D eigenvalue weighted by Gasteiger charge is 2.16. The van der Waals surface area contributed by atoms with Gasteiger partial charge in [0.15, 0.2) is 0 Å². The first-order chi connectivity index (χ1) is 10.1. The van der Waals surface area contributed by atoms with Crippen LogP contribution in [0.15, 0.2) is 24.4 Å². The molecular weight excluding hydrogens is 284 g/mol. The molecule has 1 N–H and O–H groups in total. The Bertz CT molecular complexity index is 565. The van der Waals surface area contributed by atoms with Gasteiger partial charge in [0.2, 0.25) is 0 Å². The van der Waals surface area contributed by atoms with Crippen molar-refractivity contribution in [1.82, 2.24) is 20.1 Å². The number of hydrogen-bond donors (Lipinski definition) is 1. The van der Waals surface area contributed by atoms with Crippen molar-refractivity contribution in [3.05, 3.63) is 46.5 Å². The summed E-state index contributed by atoms with van der Waals surface area (Å²) in [5.74, 6) is 0. The Morgan fingerprint density at radius 1 is 1.38 bits per heavy atom. The minimum Gasteiger partial charge on any atom is -0.314 e. The van der Waals surface area contributed by atoms with E-state index < -0.39 is 0 Å². The van der Waals surface area contributed by atoms with Crippen molar-refractivity contribution in [1.29, 1.82) is 0 Å². The van der Waals surface area contributed by atoms with Gasteiger partial charge in [-0.15, -0.1) is 0 Å². The second kappa shape index (κ2) is 7.57. The Kier molecular flexibility index (Phi) is 5.76. The van der Waals surface area contributed by atoms with Gasteiger partial charge in [-0.05, 0) is 44.9 Å². The standard InChI is InChI=1S/C16H23ClN4/c1-4-18-14(9-8-13-7-5-6-10-19-13)11-15-12(2)20-21(3)16(15)17/h5-7,10,14,18H,4,8-9,11H2,1-3H3. The van der Waals surface area contributed by atoms with Crippen LogP contribution in [-0.4, -0.2) is 27.4 Å². The minimum absolute atomic E-state index is 0.386. The highest BCUT2D eigenvalue weighted by Crippen LogP contribution is 2.21. The molecule has 0 saturated heterocycles. The molecule has 0 fully saturated rings. The van der Waals surface area contributed by atoms with E-state index in [9.17, 15) is 0 Å². The molecule has 0 amide bonds. The molecule has 114 valence electrons. The van der Waals surface area contributed by atoms with Gasteiger partial charge in [-0.2, -0.15) is 5.10 Å². The summed E-state index contributed by atoms with van der Waals surface area (Å²) < 4.78 is 1.74. The number of aromatic nitrogens is 3. The fourth-order valence-corrected chi connectivity index (χ4v) is 2.84. The van der Waals surface area contributed by atoms with E-state index in [4.69, 9.17) is 11.6 Å². The van der Waals surface area contributed by atoms with Crippen molar-refractivity contribution >= 4 is 11.6 Å². The average Bonchev–Trinajstić information content (AvgIpc) is 2.72. The topological polar surface area (TPSA) is 42.7 Å². The lowest BCUT2D eigenvalue weighted by molar-refractivity contribution is 0.488. The number of nitrogens with zero attached hydrogens (tertiary/aromatic N) is 3. The summed E-state index contributed by atoms with van der Waals surface area (Å²) in [5, 5.41) is 8.67. The predicted molar refractivity (Wildman–Crippen MR) is 86.7 cm³/mol. The van der Waals surface area contributed by atoms with E-state index in [1.165, 1.54) is 0 Å². The zero-order valence-electron chi connectivity index (χ0n) is 12.9. The highest BCUT2D eigenvalue weighted by atomic mass is 35.5. The molecule has 5 heteroatoms. The molecule has 1 unspecified atom stereocenters. The first-order valence-corrected chi connectivity index (χ1v) is 7.80. The Morgan fingerprint density at radius 3 is 2.76 bits per heavy atom. The van der Waals surface area contributed by atoms with Crippen LogP contribution in [0.5, 0.6) is 0 Å². The Balaban J connectivity index is 2.02. The maximum atomic E-state index is 6.34. The first-order valence-electron chi connectivity index (χ1n) is 7.43. The van der Waals surface area contributed by atoms with E-state index in [1.54, 1.807) is 4.68 Å². The van der Waals surface area contributed by atoms with Crippen molar-refractivity contribution in [3.63, 3.8) is 0 Å². The van der Waals surface area contributed by atoms with Crippen molar-refractivity contribution in [3.8, 4) is 0 Å². The van der Waals surface area contributed by atoms with E-state index in [-0.39, 0.29) is 0 Å². The lowest BCUT2D eigenvalue weighted by Gasteiger charge is -2.17. The highest BCUT2D eigenvalue weighted by molar-refractivity contribution is 6.30. The molecule has 21 heavy (non-hydrogen) atoms. The lowest BCUT2D eigenvalue weighted by atomic mass is 10.0. The molecule has 0 radical (unpaired) electrons. The van der Waals surface area contributed by atoms with Crippen molar-refractivity contribution < 1.29 is 0 Å². The van der Waals surface area contributed by atoms with Gasteiger partial charge < -0.3 is 5.32 Å². The number of aryl methyl sites for hydroxylation is 3. The number of pyridine rings is 1. The lowest BCUT2D eigenvalue weighted by Crippen LogP contribution is -2.31. The maximum Gasteiger partial charge on any atom is 0.130 e. The van der Waals surface area contributed by atoms with E-state index in [2.05, 4.69) is 28.4 Å². The van der Waals surface area contributed by atoms with E-state index in [0.717, 1.165) is 47.9 Å². The number of rotatable bonds is 7. The summed E-state index contributed by atoms with van der Waals surface area (Å²) in [4.78, 5) is 4.39. The fraction of sp³-hybridized carbons (Fsp3) is 0.500. The van der Waals surface area contributed by atoms with E-state index >= 15 is 0 Å². The molecule has 0 saturated carbocycles. The zero-order chi connectivity index (χ0) is 15.2. The van der Waals surface area contributed by atoms with E-state index in [0.29, 0.717) is 6.04 Å². The summed E-state index contributed by atoms with van der Waals surface area (Å²) >= 11 is 6.34. The maximum absolute atomic E-state index is 6.34. The molecule has 1 atom stereocenters. The Labute approximate surface area is 131 Å². The number of nitrogens with one attached hydrogen (secondary N) is 1. The Hall–Kier alpha value is -1.39. The minimum atomic E-state index is 0.386. The van der Waals surface area contributed by atoms with Crippen molar-refractivity contribution in [2.24, 2.45) is 7.05 Å². The van der Waals surface area contributed by atoms with Crippen molar-refractivity contribution in [2.75, 3.05) is 6.54 Å². The molecule has 2 aromatic rings. The van der Waals surface area contributed by atoms with Crippen LogP contribution in [0.3, 0.4) is 0 Å². The third-order valence-corrected chi connectivity index (χ3v) is 4.16. The molecule has 2 rings (SSSR count). The van der Waals surface area contributed by atoms with Crippen LogP contribution in [0.2, 0.25) is 5.15 Å². The summed E-state index contributed by atoms with van der Waals surface area (Å²) in [7, 11) is 1.88. The average molecular weight is 307 g/mol. The largest absolute Gasteiger partial charge is 0.314 e. The van der Waals surface area contributed by atoms with Gasteiger partial charge in [0.1, 0.15) is 5.15 Å². The van der Waals surface area contributed by atoms with Gasteiger partial charge in [0, 0.05) is 30.5 Å². The van der Waals surface area contributed by atoms with Crippen LogP contribution >= 0.6 is 11.6 Å². The second-order valence-electron chi connectivity index (χ2n) is 5.30. The van der Waals surface area contributed by atoms with Crippen LogP contribution in [0.4, 0.5) is 0 Å². The fourth-order valence-electron chi connectivity index (χ4n) is 2.59. The van der Waals surface area contributed by atoms with Gasteiger partial charge in [0.25, 0.3) is 0 Å². The number of hydrogen-bond acceptors (Lipinski definition) is 3. The number of likely N-dealkylation sites (N-methyl/N-ethyl adjacent to an activating group) is 1. The monoisotopic (exact) mass is 306 g/mol. The Morgan fingerprint density at radius 2 is 2.19 bits per heavy atom. The van der Waals surface area contributed by atoms with Crippen LogP contribution in [0.25, 0.3) is 0 Å². The molecule has 4 nitrogen and oxygen atoms in total. The van der Waals surface area contributed by atoms with Gasteiger partial charge >= 0.3 is 0 Å². The van der Waals surface area contributed by atoms with Gasteiger partial charge in [-0.1, -0.05) is 24.6 Å². The molecular formula is C16H23ClN4. The second-order valence-corrected chi connectivity index (χ2v) is 5.65. The molecule has 0 spiro atoms. The molecule has 0 aliphatic heterocycles. The smallest absolute Gasteiger partial charge is 0.130 e. The molecule has 0 aliphatic rings. The normalized spacial score (nSPS) is 12.6. The third-order valence-electron chi connectivity index (χ3n) is 3.69. The van der Waals surface area contributed by atoms with Crippen LogP contribution in [0, 0.1) is 6.92 Å². The first kappa shape index (κ1) is 16.0. The number of halogens is 1. The van der Waals surface area contributed by atoms with Crippen LogP contribution < -0.4 is 5.32 Å². The van der Waals surface area contributed by atoms with Gasteiger partial charge in [-0.3, -0.25) is 9.67 Å². The van der Waals surface area contributed by atoms with Gasteiger partial charge in [-0.25, -0.2) is 0 Å². The predicted octanol–water partition coefficient (Wildman–Crippen LogP) is 2.93. The summed E-state index contributed by atoms with van der Waals surface area (Å²) in [6.07, 6.45) is 4.75. The SMILES string of the molecule is CCNC(CCc1ccccn1)Cc1c(C)nn(C)c1Cl. The molecule has 0 aromatic carbocycles. The molecule has 0 aliphatic carbocycles. The van der Waals surface area contributed by atoms with Gasteiger partial charge in [0.05, 0.1) is 5.69 Å². The summed E-state index contributed by atoms with van der Waals surface area (Å²) in [6.45, 7) is 5.10. The molecule has 2 heterocycles. The summed E-state index contributed by atoms with van der Waals surface area (Å²) in [5.41, 5.74) is 3.30.